The molecule has 0 saturated carbocycles. The van der Waals surface area contributed by atoms with Crippen molar-refractivity contribution in [1.82, 2.24) is 25.9 Å². The van der Waals surface area contributed by atoms with Crippen molar-refractivity contribution in [2.75, 3.05) is 7.05 Å². The number of aromatic amines is 1. The van der Waals surface area contributed by atoms with Crippen LogP contribution in [0.1, 0.15) is 51.3 Å². The number of nitrogens with zero attached hydrogens (tertiary/aromatic N) is 3. The van der Waals surface area contributed by atoms with Gasteiger partial charge < -0.3 is 10.3 Å². The van der Waals surface area contributed by atoms with E-state index >= 15 is 0 Å². The summed E-state index contributed by atoms with van der Waals surface area (Å²) in [4.78, 5) is 7.59. The fraction of sp³-hybridized carbons (Fsp3) is 0.455. The van der Waals surface area contributed by atoms with Gasteiger partial charge in [0.2, 0.25) is 0 Å². The minimum absolute atomic E-state index is 0.0326. The summed E-state index contributed by atoms with van der Waals surface area (Å²) in [6.45, 7) is 12.8. The van der Waals surface area contributed by atoms with E-state index in [-0.39, 0.29) is 11.0 Å². The van der Waals surface area contributed by atoms with Gasteiger partial charge in [0.1, 0.15) is 5.84 Å². The van der Waals surface area contributed by atoms with Gasteiger partial charge in [0, 0.05) is 38.0 Å². The molecule has 3 rings (SSSR count). The van der Waals surface area contributed by atoms with Crippen molar-refractivity contribution in [2.45, 2.75) is 53.2 Å². The van der Waals surface area contributed by atoms with E-state index < -0.39 is 0 Å². The second-order valence-electron chi connectivity index (χ2n) is 8.82. The molecule has 0 bridgehead atoms. The monoisotopic (exact) mass is 380 g/mol. The van der Waals surface area contributed by atoms with Crippen LogP contribution in [0.4, 0.5) is 0 Å². The second kappa shape index (κ2) is 7.80. The predicted octanol–water partition coefficient (Wildman–Crippen LogP) is 3.71. The Hall–Kier alpha value is -2.60. The van der Waals surface area contributed by atoms with Gasteiger partial charge >= 0.3 is 0 Å². The fourth-order valence-corrected chi connectivity index (χ4v) is 3.00. The molecule has 6 heteroatoms. The fourth-order valence-electron chi connectivity index (χ4n) is 3.00. The van der Waals surface area contributed by atoms with Gasteiger partial charge in [-0.2, -0.15) is 5.10 Å². The van der Waals surface area contributed by atoms with Crippen LogP contribution >= 0.6 is 0 Å². The molecule has 6 nitrogen and oxygen atoms in total. The van der Waals surface area contributed by atoms with E-state index in [2.05, 4.69) is 90.9 Å². The van der Waals surface area contributed by atoms with Crippen molar-refractivity contribution in [3.05, 3.63) is 59.4 Å². The molecule has 0 fully saturated rings. The van der Waals surface area contributed by atoms with Crippen molar-refractivity contribution in [2.24, 2.45) is 10.4 Å². The average Bonchev–Trinajstić information content (AvgIpc) is 3.29. The summed E-state index contributed by atoms with van der Waals surface area (Å²) in [5.74, 6) is 0.968. The smallest absolute Gasteiger partial charge is 0.126 e. The van der Waals surface area contributed by atoms with Crippen LogP contribution in [0.25, 0.3) is 5.70 Å². The van der Waals surface area contributed by atoms with E-state index in [0.717, 1.165) is 30.2 Å². The normalized spacial score (nSPS) is 15.7. The number of amidine groups is 1. The van der Waals surface area contributed by atoms with Crippen molar-refractivity contribution in [3.63, 3.8) is 0 Å². The van der Waals surface area contributed by atoms with Crippen molar-refractivity contribution in [1.29, 1.82) is 0 Å². The highest BCUT2D eigenvalue weighted by molar-refractivity contribution is 5.99. The predicted molar refractivity (Wildman–Crippen MR) is 115 cm³/mol. The lowest BCUT2D eigenvalue weighted by Gasteiger charge is -2.36. The van der Waals surface area contributed by atoms with E-state index in [9.17, 15) is 0 Å². The van der Waals surface area contributed by atoms with Gasteiger partial charge in [-0.1, -0.05) is 45.0 Å². The maximum atomic E-state index is 5.24. The molecular weight excluding hydrogens is 348 g/mol. The molecule has 1 aromatic carbocycles. The molecule has 0 radical (unpaired) electrons. The third kappa shape index (κ3) is 4.28. The molecule has 2 aromatic rings. The third-order valence-electron chi connectivity index (χ3n) is 5.74. The molecule has 150 valence electrons. The Balaban J connectivity index is 2.04. The van der Waals surface area contributed by atoms with Crippen LogP contribution in [0.5, 0.6) is 0 Å². The Bertz CT molecular complexity index is 830. The number of aromatic nitrogens is 2. The number of H-pyrrole nitrogens is 1. The van der Waals surface area contributed by atoms with Gasteiger partial charge in [-0.3, -0.25) is 10.1 Å². The van der Waals surface area contributed by atoms with Crippen molar-refractivity contribution >= 4 is 11.5 Å². The maximum Gasteiger partial charge on any atom is 0.126 e. The summed E-state index contributed by atoms with van der Waals surface area (Å²) in [7, 11) is 1.86. The molecule has 0 atom stereocenters. The van der Waals surface area contributed by atoms with Gasteiger partial charge in [-0.25, -0.2) is 5.43 Å². The number of hydrogen-bond acceptors (Lipinski definition) is 4. The summed E-state index contributed by atoms with van der Waals surface area (Å²) in [6.07, 6.45) is 5.80. The Morgan fingerprint density at radius 1 is 1.14 bits per heavy atom. The van der Waals surface area contributed by atoms with Crippen LogP contribution in [0, 0.1) is 5.41 Å². The van der Waals surface area contributed by atoms with Gasteiger partial charge in [-0.15, -0.1) is 0 Å². The molecular formula is C22H32N6. The number of hydrogen-bond donors (Lipinski definition) is 3. The van der Waals surface area contributed by atoms with Gasteiger partial charge in [0.15, 0.2) is 0 Å². The highest BCUT2D eigenvalue weighted by Gasteiger charge is 2.34. The molecule has 1 aromatic heterocycles. The Morgan fingerprint density at radius 2 is 1.79 bits per heavy atom. The Kier molecular flexibility index (Phi) is 5.61. The first-order chi connectivity index (χ1) is 13.2. The van der Waals surface area contributed by atoms with Gasteiger partial charge in [-0.05, 0) is 30.4 Å². The first kappa shape index (κ1) is 20.1. The molecule has 0 amide bonds. The first-order valence-electron chi connectivity index (χ1n) is 9.76. The van der Waals surface area contributed by atoms with Crippen LogP contribution in [0.2, 0.25) is 0 Å². The largest absolute Gasteiger partial charge is 0.348 e. The third-order valence-corrected chi connectivity index (χ3v) is 5.74. The molecule has 0 saturated heterocycles. The number of benzene rings is 1. The maximum absolute atomic E-state index is 5.24. The molecule has 28 heavy (non-hydrogen) atoms. The quantitative estimate of drug-likeness (QED) is 0.420. The van der Waals surface area contributed by atoms with Crippen LogP contribution < -0.4 is 10.9 Å². The molecule has 1 aliphatic rings. The lowest BCUT2D eigenvalue weighted by Crippen LogP contribution is -2.38. The summed E-state index contributed by atoms with van der Waals surface area (Å²) < 4.78 is 0. The highest BCUT2D eigenvalue weighted by Crippen LogP contribution is 2.34. The zero-order chi connectivity index (χ0) is 20.4. The molecule has 0 spiro atoms. The summed E-state index contributed by atoms with van der Waals surface area (Å²) >= 11 is 0. The van der Waals surface area contributed by atoms with Crippen LogP contribution in [0.15, 0.2) is 47.7 Å². The number of fused-ring (bicyclic) bond motifs is 1. The van der Waals surface area contributed by atoms with Crippen molar-refractivity contribution < 1.29 is 0 Å². The number of rotatable bonds is 5. The summed E-state index contributed by atoms with van der Waals surface area (Å²) in [5, 5.41) is 6.98. The number of hydrazine groups is 1. The standard InChI is InChI=1S/C22H32N6/c1-21(2,3)22(4,5)26-20(11-19(27-23-6)18-12-24-25-13-18)28-14-16-9-7-8-10-17(16)15-28/h7-13,23,27H,14-15H2,1-6H3,(H,24,25)/b19-11-,26-20+. The molecule has 0 aliphatic carbocycles. The summed E-state index contributed by atoms with van der Waals surface area (Å²) in [6, 6.07) is 8.61. The van der Waals surface area contributed by atoms with E-state index in [0.29, 0.717) is 0 Å². The van der Waals surface area contributed by atoms with E-state index in [1.165, 1.54) is 11.1 Å². The topological polar surface area (TPSA) is 68.3 Å². The number of nitrogens with one attached hydrogen (secondary N) is 3. The van der Waals surface area contributed by atoms with E-state index in [1.807, 2.05) is 13.2 Å². The molecule has 0 unspecified atom stereocenters. The summed E-state index contributed by atoms with van der Waals surface area (Å²) in [5.41, 5.74) is 10.7. The minimum atomic E-state index is -0.227. The lowest BCUT2D eigenvalue weighted by molar-refractivity contribution is 0.230. The van der Waals surface area contributed by atoms with Gasteiger partial charge in [0.25, 0.3) is 0 Å². The molecule has 3 N–H and O–H groups in total. The zero-order valence-corrected chi connectivity index (χ0v) is 17.8. The SMILES string of the molecule is CNN/C(=C\C(=N/C(C)(C)C(C)(C)C)N1Cc2ccccc2C1)c1cn[nH]c1. The zero-order valence-electron chi connectivity index (χ0n) is 17.8. The lowest BCUT2D eigenvalue weighted by atomic mass is 9.77. The van der Waals surface area contributed by atoms with Crippen LogP contribution in [-0.2, 0) is 13.1 Å². The second-order valence-corrected chi connectivity index (χ2v) is 8.82. The average molecular weight is 381 g/mol. The Labute approximate surface area is 168 Å². The number of aliphatic imine (C=N–C) groups is 1. The van der Waals surface area contributed by atoms with Gasteiger partial charge in [0.05, 0.1) is 17.4 Å². The van der Waals surface area contributed by atoms with Crippen LogP contribution in [-0.4, -0.2) is 33.5 Å². The Morgan fingerprint density at radius 3 is 2.29 bits per heavy atom. The minimum Gasteiger partial charge on any atom is -0.348 e. The molecule has 2 heterocycles. The molecule has 1 aliphatic heterocycles. The first-order valence-corrected chi connectivity index (χ1v) is 9.76. The van der Waals surface area contributed by atoms with E-state index in [1.54, 1.807) is 6.20 Å². The van der Waals surface area contributed by atoms with Crippen molar-refractivity contribution in [3.8, 4) is 0 Å². The highest BCUT2D eigenvalue weighted by atomic mass is 15.3. The van der Waals surface area contributed by atoms with E-state index in [4.69, 9.17) is 4.99 Å². The van der Waals surface area contributed by atoms with Crippen LogP contribution in [0.3, 0.4) is 0 Å².